The van der Waals surface area contributed by atoms with Gasteiger partial charge in [0.15, 0.2) is 0 Å². The van der Waals surface area contributed by atoms with E-state index in [4.69, 9.17) is 11.6 Å². The molecule has 114 valence electrons. The van der Waals surface area contributed by atoms with Crippen molar-refractivity contribution in [2.24, 2.45) is 0 Å². The second-order valence-corrected chi connectivity index (χ2v) is 6.06. The summed E-state index contributed by atoms with van der Waals surface area (Å²) in [5.74, 6) is 1.21. The van der Waals surface area contributed by atoms with Crippen LogP contribution in [0, 0.1) is 0 Å². The van der Waals surface area contributed by atoms with Crippen LogP contribution >= 0.6 is 23.4 Å². The lowest BCUT2D eigenvalue weighted by Crippen LogP contribution is -1.93. The van der Waals surface area contributed by atoms with E-state index in [0.717, 1.165) is 11.4 Å². The summed E-state index contributed by atoms with van der Waals surface area (Å²) in [5, 5.41) is 14.0. The van der Waals surface area contributed by atoms with E-state index in [2.05, 4.69) is 25.4 Å². The number of hydrogen-bond acceptors (Lipinski definition) is 6. The number of fused-ring (bicyclic) bond motifs is 1. The van der Waals surface area contributed by atoms with Crippen LogP contribution in [0.4, 0.5) is 0 Å². The molecule has 0 atom stereocenters. The molecule has 4 aromatic rings. The van der Waals surface area contributed by atoms with Gasteiger partial charge in [0.2, 0.25) is 5.16 Å². The van der Waals surface area contributed by atoms with Crippen molar-refractivity contribution in [3.05, 3.63) is 59.6 Å². The van der Waals surface area contributed by atoms with Gasteiger partial charge in [0.25, 0.3) is 5.78 Å². The highest BCUT2D eigenvalue weighted by molar-refractivity contribution is 7.98. The normalized spacial score (nSPS) is 11.2. The average Bonchev–Trinajstić information content (AvgIpc) is 3.20. The predicted octanol–water partition coefficient (Wildman–Crippen LogP) is 2.65. The molecule has 0 radical (unpaired) electrons. The van der Waals surface area contributed by atoms with E-state index in [0.29, 0.717) is 21.7 Å². The van der Waals surface area contributed by atoms with Crippen molar-refractivity contribution >= 4 is 29.1 Å². The zero-order chi connectivity index (χ0) is 15.6. The molecule has 0 amide bonds. The van der Waals surface area contributed by atoms with E-state index in [-0.39, 0.29) is 0 Å². The largest absolute Gasteiger partial charge is 0.253 e. The van der Waals surface area contributed by atoms with E-state index in [1.807, 2.05) is 42.7 Å². The molecule has 0 bridgehead atoms. The van der Waals surface area contributed by atoms with Crippen LogP contribution in [0.25, 0.3) is 11.5 Å². The Morgan fingerprint density at radius 1 is 1.17 bits per heavy atom. The highest BCUT2D eigenvalue weighted by atomic mass is 35.5. The third-order valence-corrected chi connectivity index (χ3v) is 4.20. The lowest BCUT2D eigenvalue weighted by atomic mass is 10.3. The number of aromatic nitrogens is 7. The zero-order valence-electron chi connectivity index (χ0n) is 11.7. The highest BCUT2D eigenvalue weighted by Crippen LogP contribution is 2.19. The molecule has 3 aromatic heterocycles. The van der Waals surface area contributed by atoms with Crippen LogP contribution in [0.15, 0.2) is 54.1 Å². The minimum Gasteiger partial charge on any atom is -0.220 e. The number of thioether (sulfide) groups is 1. The van der Waals surface area contributed by atoms with Gasteiger partial charge in [0.05, 0.1) is 17.6 Å². The Morgan fingerprint density at radius 3 is 2.87 bits per heavy atom. The molecular weight excluding hydrogens is 334 g/mol. The maximum Gasteiger partial charge on any atom is 0.253 e. The maximum absolute atomic E-state index is 5.89. The first-order valence-corrected chi connectivity index (χ1v) is 8.12. The smallest absolute Gasteiger partial charge is 0.220 e. The van der Waals surface area contributed by atoms with Crippen molar-refractivity contribution in [1.29, 1.82) is 0 Å². The van der Waals surface area contributed by atoms with Crippen LogP contribution in [-0.4, -0.2) is 34.6 Å². The molecule has 23 heavy (non-hydrogen) atoms. The zero-order valence-corrected chi connectivity index (χ0v) is 13.3. The number of benzene rings is 1. The molecule has 0 fully saturated rings. The fourth-order valence-electron chi connectivity index (χ4n) is 2.00. The summed E-state index contributed by atoms with van der Waals surface area (Å²) < 4.78 is 3.36. The van der Waals surface area contributed by atoms with Crippen LogP contribution in [0.5, 0.6) is 0 Å². The second-order valence-electron chi connectivity index (χ2n) is 4.68. The van der Waals surface area contributed by atoms with Gasteiger partial charge in [0.1, 0.15) is 0 Å². The molecule has 3 heterocycles. The Morgan fingerprint density at radius 2 is 2.04 bits per heavy atom. The molecule has 0 aliphatic heterocycles. The Bertz CT molecular complexity index is 914. The summed E-state index contributed by atoms with van der Waals surface area (Å²) in [6, 6.07) is 9.24. The van der Waals surface area contributed by atoms with Crippen molar-refractivity contribution in [3.8, 4) is 5.69 Å². The second kappa shape index (κ2) is 5.98. The molecule has 0 N–H and O–H groups in total. The van der Waals surface area contributed by atoms with Gasteiger partial charge in [-0.1, -0.05) is 28.6 Å². The van der Waals surface area contributed by atoms with E-state index in [1.165, 1.54) is 11.8 Å². The molecule has 9 heteroatoms. The lowest BCUT2D eigenvalue weighted by Gasteiger charge is -1.98. The molecule has 0 aliphatic rings. The average molecular weight is 344 g/mol. The number of rotatable bonds is 4. The topological polar surface area (TPSA) is 73.8 Å². The van der Waals surface area contributed by atoms with Crippen LogP contribution in [0.3, 0.4) is 0 Å². The summed E-state index contributed by atoms with van der Waals surface area (Å²) >= 11 is 7.38. The van der Waals surface area contributed by atoms with Gasteiger partial charge >= 0.3 is 0 Å². The molecular formula is C14H10ClN7S. The summed E-state index contributed by atoms with van der Waals surface area (Å²) in [6.45, 7) is 0. The summed E-state index contributed by atoms with van der Waals surface area (Å²) in [6.07, 6.45) is 5.39. The van der Waals surface area contributed by atoms with Gasteiger partial charge in [0, 0.05) is 23.2 Å². The van der Waals surface area contributed by atoms with Gasteiger partial charge in [-0.3, -0.25) is 0 Å². The molecule has 0 saturated carbocycles. The quantitative estimate of drug-likeness (QED) is 0.530. The first kappa shape index (κ1) is 14.2. The lowest BCUT2D eigenvalue weighted by molar-refractivity contribution is 0.800. The number of halogens is 1. The monoisotopic (exact) mass is 343 g/mol. The van der Waals surface area contributed by atoms with Gasteiger partial charge in [-0.15, -0.1) is 10.2 Å². The van der Waals surface area contributed by atoms with Crippen LogP contribution in [-0.2, 0) is 5.75 Å². The van der Waals surface area contributed by atoms with Crippen LogP contribution in [0.1, 0.15) is 5.69 Å². The number of nitrogens with zero attached hydrogens (tertiary/aromatic N) is 7. The minimum atomic E-state index is 0.583. The number of hydrogen-bond donors (Lipinski definition) is 0. The van der Waals surface area contributed by atoms with Crippen molar-refractivity contribution in [2.45, 2.75) is 10.9 Å². The SMILES string of the molecule is Clc1ccc(-n2cc(CSc3nc4ncccn4n3)nn2)cc1. The van der Waals surface area contributed by atoms with E-state index in [9.17, 15) is 0 Å². The van der Waals surface area contributed by atoms with Gasteiger partial charge < -0.3 is 0 Å². The van der Waals surface area contributed by atoms with Crippen molar-refractivity contribution in [1.82, 2.24) is 34.6 Å². The first-order valence-electron chi connectivity index (χ1n) is 6.75. The molecule has 0 saturated heterocycles. The molecule has 1 aromatic carbocycles. The van der Waals surface area contributed by atoms with Crippen LogP contribution < -0.4 is 0 Å². The molecule has 7 nitrogen and oxygen atoms in total. The molecule has 0 spiro atoms. The van der Waals surface area contributed by atoms with E-state index >= 15 is 0 Å². The Hall–Kier alpha value is -2.45. The Balaban J connectivity index is 1.48. The minimum absolute atomic E-state index is 0.583. The summed E-state index contributed by atoms with van der Waals surface area (Å²) in [7, 11) is 0. The molecule has 4 rings (SSSR count). The maximum atomic E-state index is 5.89. The summed E-state index contributed by atoms with van der Waals surface area (Å²) in [4.78, 5) is 8.48. The van der Waals surface area contributed by atoms with Gasteiger partial charge in [-0.25, -0.2) is 14.2 Å². The van der Waals surface area contributed by atoms with Crippen molar-refractivity contribution < 1.29 is 0 Å². The van der Waals surface area contributed by atoms with E-state index in [1.54, 1.807) is 15.4 Å². The highest BCUT2D eigenvalue weighted by Gasteiger charge is 2.08. The predicted molar refractivity (Wildman–Crippen MR) is 86.7 cm³/mol. The van der Waals surface area contributed by atoms with Crippen LogP contribution in [0.2, 0.25) is 5.02 Å². The Kier molecular flexibility index (Phi) is 3.68. The fourth-order valence-corrected chi connectivity index (χ4v) is 2.83. The molecule has 0 aliphatic carbocycles. The standard InChI is InChI=1S/C14H10ClN7S/c15-10-2-4-12(5-3-10)22-8-11(18-20-22)9-23-14-17-13-16-6-1-7-21(13)19-14/h1-8H,9H2. The summed E-state index contributed by atoms with van der Waals surface area (Å²) in [5.41, 5.74) is 1.75. The third kappa shape index (κ3) is 3.03. The third-order valence-electron chi connectivity index (χ3n) is 3.08. The van der Waals surface area contributed by atoms with Crippen molar-refractivity contribution in [2.75, 3.05) is 0 Å². The first-order chi connectivity index (χ1) is 11.3. The Labute approximate surface area is 140 Å². The molecule has 0 unspecified atom stereocenters. The van der Waals surface area contributed by atoms with E-state index < -0.39 is 0 Å². The van der Waals surface area contributed by atoms with Crippen molar-refractivity contribution in [3.63, 3.8) is 0 Å². The van der Waals surface area contributed by atoms with Gasteiger partial charge in [-0.05, 0) is 30.3 Å². The van der Waals surface area contributed by atoms with Gasteiger partial charge in [-0.2, -0.15) is 4.98 Å². The fraction of sp³-hybridized carbons (Fsp3) is 0.0714.